The molecule has 0 atom stereocenters. The fourth-order valence-electron chi connectivity index (χ4n) is 0.707. The third kappa shape index (κ3) is 29.6. The molecule has 0 fully saturated rings. The van der Waals surface area contributed by atoms with E-state index in [9.17, 15) is 0 Å². The molecule has 0 aromatic rings. The zero-order valence-corrected chi connectivity index (χ0v) is 29.3. The summed E-state index contributed by atoms with van der Waals surface area (Å²) < 4.78 is 21.0. The van der Waals surface area contributed by atoms with Crippen molar-refractivity contribution in [3.05, 3.63) is 0 Å². The Kier molecular flexibility index (Phi) is 39.2. The first-order valence-corrected chi connectivity index (χ1v) is 17.6. The van der Waals surface area contributed by atoms with Gasteiger partial charge in [0, 0.05) is 39.0 Å². The van der Waals surface area contributed by atoms with Crippen molar-refractivity contribution in [2.45, 2.75) is 27.7 Å². The molecule has 0 saturated heterocycles. The van der Waals surface area contributed by atoms with Crippen LogP contribution in [0, 0.1) is 0 Å². The third-order valence-corrected chi connectivity index (χ3v) is 8.75. The molecule has 0 rings (SSSR count). The molecule has 0 saturated carbocycles. The fourth-order valence-corrected chi connectivity index (χ4v) is 7.43. The molecule has 0 aliphatic heterocycles. The van der Waals surface area contributed by atoms with E-state index in [1.54, 1.807) is 0 Å². The van der Waals surface area contributed by atoms with Gasteiger partial charge in [-0.05, 0) is 0 Å². The summed E-state index contributed by atoms with van der Waals surface area (Å²) in [5, 5.41) is -3.39. The topological polar surface area (TPSA) is 36.9 Å². The van der Waals surface area contributed by atoms with Gasteiger partial charge in [0.15, 0.2) is 0 Å². The number of hydrogen-bond acceptors (Lipinski definition) is 4. The van der Waals surface area contributed by atoms with Gasteiger partial charge < -0.3 is 0 Å². The SMILES string of the molecule is CCO[P+]([Se])([Se])OCC.CCO[P+]([Se])([Se])OCC.[SeH].[Zn].[Zn]. The molecule has 4 nitrogen and oxygen atoms in total. The van der Waals surface area contributed by atoms with E-state index in [0.717, 1.165) is 0 Å². The quantitative estimate of drug-likeness (QED) is 0.278. The molecule has 0 unspecified atom stereocenters. The Balaban J connectivity index is -0.0000000711. The maximum atomic E-state index is 5.25. The van der Waals surface area contributed by atoms with Gasteiger partial charge in [0.05, 0.1) is 0 Å². The van der Waals surface area contributed by atoms with Gasteiger partial charge in [0.25, 0.3) is 0 Å². The van der Waals surface area contributed by atoms with Gasteiger partial charge in [0.2, 0.25) is 0 Å². The molecule has 21 heavy (non-hydrogen) atoms. The Morgan fingerprint density at radius 1 is 0.571 bits per heavy atom. The normalized spacial score (nSPS) is 10.3. The van der Waals surface area contributed by atoms with E-state index in [-0.39, 0.29) is 56.0 Å². The standard InChI is InChI=1S/2C4H10O2PSe2.HSe.2Zn/c2*1-3-5-7(8,9)6-4-2;;;/h2*3-4H2,1-2H3;1H;;/q2*+1;;;. The minimum atomic E-state index is -1.69. The summed E-state index contributed by atoms with van der Waals surface area (Å²) in [6.07, 6.45) is 0. The first-order chi connectivity index (χ1) is 8.24. The molecule has 0 heterocycles. The average Bonchev–Trinajstić information content (AvgIpc) is 2.17. The molecular weight excluding hydrogens is 748 g/mol. The van der Waals surface area contributed by atoms with Crippen LogP contribution in [0.4, 0.5) is 0 Å². The van der Waals surface area contributed by atoms with Crippen molar-refractivity contribution in [3.63, 3.8) is 0 Å². The van der Waals surface area contributed by atoms with Crippen LogP contribution in [-0.2, 0) is 57.1 Å². The summed E-state index contributed by atoms with van der Waals surface area (Å²) >= 11 is 11.5. The second-order valence-corrected chi connectivity index (χ2v) is 24.5. The zero-order valence-electron chi connectivity index (χ0n) is 12.9. The Bertz CT molecular complexity index is 174. The van der Waals surface area contributed by atoms with E-state index in [4.69, 9.17) is 18.1 Å². The van der Waals surface area contributed by atoms with Crippen molar-refractivity contribution in [2.75, 3.05) is 26.4 Å². The third-order valence-electron chi connectivity index (χ3n) is 1.15. The van der Waals surface area contributed by atoms with Crippen LogP contribution in [0.1, 0.15) is 27.7 Å². The van der Waals surface area contributed by atoms with Gasteiger partial charge in [-0.3, -0.25) is 0 Å². The first kappa shape index (κ1) is 36.5. The maximum absolute atomic E-state index is 5.25. The molecule has 0 aromatic heterocycles. The summed E-state index contributed by atoms with van der Waals surface area (Å²) in [7, 11) is 0. The van der Waals surface area contributed by atoms with Crippen molar-refractivity contribution in [3.8, 4) is 0 Å². The summed E-state index contributed by atoms with van der Waals surface area (Å²) in [6, 6.07) is 0. The van der Waals surface area contributed by atoms with Crippen molar-refractivity contribution in [1.82, 2.24) is 0 Å². The Morgan fingerprint density at radius 3 is 0.810 bits per heavy atom. The molecule has 0 spiro atoms. The summed E-state index contributed by atoms with van der Waals surface area (Å²) in [5.41, 5.74) is 0. The van der Waals surface area contributed by atoms with Gasteiger partial charge in [-0.15, -0.1) is 0 Å². The molecule has 119 valence electrons. The Hall–Kier alpha value is 4.54. The Labute approximate surface area is 198 Å². The predicted octanol–water partition coefficient (Wildman–Crippen LogP) is 1.49. The molecular formula is C8H21O4P2Se5Zn2+2. The Morgan fingerprint density at radius 2 is 0.714 bits per heavy atom. The second kappa shape index (κ2) is 22.6. The van der Waals surface area contributed by atoms with Crippen LogP contribution >= 0.6 is 10.2 Å². The molecule has 0 aromatic carbocycles. The molecule has 0 N–H and O–H groups in total. The van der Waals surface area contributed by atoms with Crippen molar-refractivity contribution >= 4 is 89.5 Å². The maximum Gasteiger partial charge on any atom is 0 e. The van der Waals surface area contributed by atoms with Gasteiger partial charge in [-0.25, -0.2) is 0 Å². The van der Waals surface area contributed by atoms with E-state index >= 15 is 0 Å². The molecule has 0 amide bonds. The molecule has 13 heteroatoms. The van der Waals surface area contributed by atoms with E-state index < -0.39 is 10.2 Å². The van der Waals surface area contributed by atoms with Crippen molar-refractivity contribution < 1.29 is 57.1 Å². The van der Waals surface area contributed by atoms with Crippen molar-refractivity contribution in [2.24, 2.45) is 0 Å². The molecule has 5 radical (unpaired) electrons. The summed E-state index contributed by atoms with van der Waals surface area (Å²) in [6.45, 7) is 10.5. The molecule has 0 bridgehead atoms. The zero-order chi connectivity index (χ0) is 14.7. The molecule has 0 aliphatic rings. The van der Waals surface area contributed by atoms with E-state index in [1.807, 2.05) is 27.7 Å². The minimum Gasteiger partial charge on any atom is 0 e. The largest absolute Gasteiger partial charge is 0 e. The van der Waals surface area contributed by atoms with Crippen LogP contribution in [0.5, 0.6) is 0 Å². The molecule has 0 aliphatic carbocycles. The van der Waals surface area contributed by atoms with Crippen LogP contribution in [-0.4, -0.2) is 106 Å². The van der Waals surface area contributed by atoms with Crippen molar-refractivity contribution in [1.29, 1.82) is 0 Å². The minimum absolute atomic E-state index is 0. The van der Waals surface area contributed by atoms with E-state index in [1.165, 1.54) is 0 Å². The smallest absolute Gasteiger partial charge is 0 e. The van der Waals surface area contributed by atoms with E-state index in [2.05, 4.69) is 62.3 Å². The van der Waals surface area contributed by atoms with Gasteiger partial charge in [-0.2, -0.15) is 0 Å². The van der Waals surface area contributed by atoms with Crippen LogP contribution in [0.25, 0.3) is 0 Å². The summed E-state index contributed by atoms with van der Waals surface area (Å²) in [4.78, 5) is 0. The van der Waals surface area contributed by atoms with Crippen LogP contribution < -0.4 is 0 Å². The van der Waals surface area contributed by atoms with Crippen LogP contribution in [0.2, 0.25) is 0 Å². The van der Waals surface area contributed by atoms with E-state index in [0.29, 0.717) is 26.4 Å². The number of hydrogen-bond donors (Lipinski definition) is 0. The van der Waals surface area contributed by atoms with Crippen LogP contribution in [0.15, 0.2) is 0 Å². The second-order valence-electron chi connectivity index (χ2n) is 2.57. The van der Waals surface area contributed by atoms with Gasteiger partial charge in [0.1, 0.15) is 0 Å². The first-order valence-electron chi connectivity index (χ1n) is 5.44. The monoisotopic (exact) mass is 771 g/mol. The number of rotatable bonds is 8. The van der Waals surface area contributed by atoms with Crippen LogP contribution in [0.3, 0.4) is 0 Å². The summed E-state index contributed by atoms with van der Waals surface area (Å²) in [5.74, 6) is 0. The predicted molar refractivity (Wildman–Crippen MR) is 90.5 cm³/mol. The average molecular weight is 769 g/mol. The van der Waals surface area contributed by atoms with Gasteiger partial charge in [-0.1, -0.05) is 0 Å². The fraction of sp³-hybridized carbons (Fsp3) is 1.00. The van der Waals surface area contributed by atoms with Gasteiger partial charge >= 0.3 is 162 Å².